The topological polar surface area (TPSA) is 58.1 Å². The van der Waals surface area contributed by atoms with E-state index >= 15 is 0 Å². The molecule has 2 rings (SSSR count). The van der Waals surface area contributed by atoms with Crippen LogP contribution in [0.4, 0.5) is 0 Å². The molecule has 2 N–H and O–H groups in total. The van der Waals surface area contributed by atoms with E-state index < -0.39 is 0 Å². The van der Waals surface area contributed by atoms with Crippen molar-refractivity contribution in [2.24, 2.45) is 10.9 Å². The third-order valence-corrected chi connectivity index (χ3v) is 5.25. The van der Waals surface area contributed by atoms with Crippen LogP contribution in [-0.2, 0) is 0 Å². The van der Waals surface area contributed by atoms with E-state index in [1.54, 1.807) is 0 Å². The number of likely N-dealkylation sites (tertiary alicyclic amines) is 1. The van der Waals surface area contributed by atoms with Crippen molar-refractivity contribution < 1.29 is 9.47 Å². The second-order valence-electron chi connectivity index (χ2n) is 7.99. The average molecular weight is 405 g/mol. The highest BCUT2D eigenvalue weighted by Crippen LogP contribution is 2.31. The third-order valence-electron chi connectivity index (χ3n) is 5.25. The highest BCUT2D eigenvalue weighted by atomic mass is 16.5. The quantitative estimate of drug-likeness (QED) is 0.458. The summed E-state index contributed by atoms with van der Waals surface area (Å²) in [5.41, 5.74) is 1.15. The predicted molar refractivity (Wildman–Crippen MR) is 121 cm³/mol. The van der Waals surface area contributed by atoms with Crippen molar-refractivity contribution in [1.29, 1.82) is 0 Å². The SMILES string of the molecule is CCCOc1ccc(C(C)NC(=NC)NCC2CCCN(C)C2)cc1OCCC. The normalized spacial score (nSPS) is 18.9. The molecule has 29 heavy (non-hydrogen) atoms. The molecule has 1 aromatic rings. The molecule has 1 aromatic carbocycles. The molecule has 0 aromatic heterocycles. The van der Waals surface area contributed by atoms with Gasteiger partial charge in [-0.1, -0.05) is 19.9 Å². The molecule has 1 saturated heterocycles. The number of aliphatic imine (C=N–C) groups is 1. The first-order valence-corrected chi connectivity index (χ1v) is 11.1. The lowest BCUT2D eigenvalue weighted by molar-refractivity contribution is 0.210. The number of hydrogen-bond donors (Lipinski definition) is 2. The fourth-order valence-electron chi connectivity index (χ4n) is 3.61. The number of guanidine groups is 1. The van der Waals surface area contributed by atoms with Gasteiger partial charge in [0.1, 0.15) is 0 Å². The number of hydrogen-bond acceptors (Lipinski definition) is 4. The minimum atomic E-state index is 0.111. The zero-order valence-electron chi connectivity index (χ0n) is 19.0. The van der Waals surface area contributed by atoms with E-state index in [-0.39, 0.29) is 6.04 Å². The Morgan fingerprint density at radius 2 is 1.93 bits per heavy atom. The van der Waals surface area contributed by atoms with Crippen molar-refractivity contribution >= 4 is 5.96 Å². The zero-order valence-corrected chi connectivity index (χ0v) is 19.0. The number of ether oxygens (including phenoxy) is 2. The molecular formula is C23H40N4O2. The Bertz CT molecular complexity index is 635. The van der Waals surface area contributed by atoms with E-state index in [2.05, 4.69) is 60.5 Å². The van der Waals surface area contributed by atoms with E-state index in [0.29, 0.717) is 19.1 Å². The molecule has 0 amide bonds. The molecule has 1 aliphatic rings. The third kappa shape index (κ3) is 7.77. The molecule has 2 atom stereocenters. The minimum absolute atomic E-state index is 0.111. The number of benzene rings is 1. The molecule has 6 heteroatoms. The van der Waals surface area contributed by atoms with Crippen LogP contribution in [0.25, 0.3) is 0 Å². The molecular weight excluding hydrogens is 364 g/mol. The molecule has 6 nitrogen and oxygen atoms in total. The van der Waals surface area contributed by atoms with Gasteiger partial charge in [0.05, 0.1) is 19.3 Å². The summed E-state index contributed by atoms with van der Waals surface area (Å²) in [6.07, 6.45) is 4.50. The first-order valence-electron chi connectivity index (χ1n) is 11.1. The van der Waals surface area contributed by atoms with E-state index in [1.165, 1.54) is 19.4 Å². The van der Waals surface area contributed by atoms with Gasteiger partial charge in [0.25, 0.3) is 0 Å². The lowest BCUT2D eigenvalue weighted by Gasteiger charge is -2.30. The first-order chi connectivity index (χ1) is 14.1. The molecule has 1 heterocycles. The van der Waals surface area contributed by atoms with Gasteiger partial charge in [0.15, 0.2) is 17.5 Å². The maximum atomic E-state index is 5.94. The Kier molecular flexibility index (Phi) is 10.1. The summed E-state index contributed by atoms with van der Waals surface area (Å²) in [4.78, 5) is 6.82. The summed E-state index contributed by atoms with van der Waals surface area (Å²) in [5, 5.41) is 7.01. The minimum Gasteiger partial charge on any atom is -0.490 e. The predicted octanol–water partition coefficient (Wildman–Crippen LogP) is 3.83. The van der Waals surface area contributed by atoms with Crippen LogP contribution in [0, 0.1) is 5.92 Å². The van der Waals surface area contributed by atoms with Gasteiger partial charge in [-0.25, -0.2) is 0 Å². The molecule has 0 radical (unpaired) electrons. The van der Waals surface area contributed by atoms with Gasteiger partial charge in [-0.3, -0.25) is 4.99 Å². The van der Waals surface area contributed by atoms with Crippen LogP contribution >= 0.6 is 0 Å². The van der Waals surface area contributed by atoms with Gasteiger partial charge < -0.3 is 25.0 Å². The molecule has 1 fully saturated rings. The fraction of sp³-hybridized carbons (Fsp3) is 0.696. The monoisotopic (exact) mass is 404 g/mol. The zero-order chi connectivity index (χ0) is 21.1. The van der Waals surface area contributed by atoms with Crippen molar-refractivity contribution in [2.75, 3.05) is 46.9 Å². The Balaban J connectivity index is 1.96. The molecule has 0 aliphatic carbocycles. The summed E-state index contributed by atoms with van der Waals surface area (Å²) < 4.78 is 11.8. The average Bonchev–Trinajstić information content (AvgIpc) is 2.73. The molecule has 1 aliphatic heterocycles. The van der Waals surface area contributed by atoms with Crippen LogP contribution in [0.1, 0.15) is 58.1 Å². The number of rotatable bonds is 10. The standard InChI is InChI=1S/C23H40N4O2/c1-6-13-28-21-11-10-20(15-22(21)29-14-7-2)18(3)26-23(24-4)25-16-19-9-8-12-27(5)17-19/h10-11,15,18-19H,6-9,12-14,16-17H2,1-5H3,(H2,24,25,26). The Hall–Kier alpha value is -1.95. The lowest BCUT2D eigenvalue weighted by atomic mass is 9.98. The molecule has 0 bridgehead atoms. The van der Waals surface area contributed by atoms with Gasteiger partial charge in [0, 0.05) is 20.1 Å². The van der Waals surface area contributed by atoms with E-state index in [9.17, 15) is 0 Å². The van der Waals surface area contributed by atoms with Gasteiger partial charge in [-0.05, 0) is 69.8 Å². The van der Waals surface area contributed by atoms with Crippen LogP contribution in [0.5, 0.6) is 11.5 Å². The summed E-state index contributed by atoms with van der Waals surface area (Å²) in [6, 6.07) is 6.31. The van der Waals surface area contributed by atoms with Crippen LogP contribution in [0.15, 0.2) is 23.2 Å². The molecule has 0 saturated carbocycles. The van der Waals surface area contributed by atoms with Crippen molar-refractivity contribution in [3.05, 3.63) is 23.8 Å². The molecule has 0 spiro atoms. The van der Waals surface area contributed by atoms with Gasteiger partial charge in [-0.15, -0.1) is 0 Å². The van der Waals surface area contributed by atoms with Crippen LogP contribution in [-0.4, -0.2) is 57.8 Å². The van der Waals surface area contributed by atoms with E-state index in [0.717, 1.165) is 49.0 Å². The van der Waals surface area contributed by atoms with E-state index in [1.807, 2.05) is 13.1 Å². The largest absolute Gasteiger partial charge is 0.490 e. The first kappa shape index (κ1) is 23.3. The maximum Gasteiger partial charge on any atom is 0.191 e. The second kappa shape index (κ2) is 12.6. The number of nitrogens with zero attached hydrogens (tertiary/aromatic N) is 2. The summed E-state index contributed by atoms with van der Waals surface area (Å²) in [5.74, 6) is 3.15. The highest BCUT2D eigenvalue weighted by Gasteiger charge is 2.18. The summed E-state index contributed by atoms with van der Waals surface area (Å²) >= 11 is 0. The van der Waals surface area contributed by atoms with Crippen molar-refractivity contribution in [2.45, 2.75) is 52.5 Å². The van der Waals surface area contributed by atoms with Gasteiger partial charge >= 0.3 is 0 Å². The van der Waals surface area contributed by atoms with Crippen LogP contribution in [0.3, 0.4) is 0 Å². The fourth-order valence-corrected chi connectivity index (χ4v) is 3.61. The lowest BCUT2D eigenvalue weighted by Crippen LogP contribution is -2.44. The van der Waals surface area contributed by atoms with Crippen LogP contribution < -0.4 is 20.1 Å². The molecule has 164 valence electrons. The Morgan fingerprint density at radius 3 is 2.59 bits per heavy atom. The number of piperidine rings is 1. The highest BCUT2D eigenvalue weighted by molar-refractivity contribution is 5.80. The van der Waals surface area contributed by atoms with E-state index in [4.69, 9.17) is 9.47 Å². The Morgan fingerprint density at radius 1 is 1.21 bits per heavy atom. The summed E-state index contributed by atoms with van der Waals surface area (Å²) in [6.45, 7) is 11.1. The van der Waals surface area contributed by atoms with Crippen LogP contribution in [0.2, 0.25) is 0 Å². The second-order valence-corrected chi connectivity index (χ2v) is 7.99. The summed E-state index contributed by atoms with van der Waals surface area (Å²) in [7, 11) is 4.03. The van der Waals surface area contributed by atoms with Gasteiger partial charge in [-0.2, -0.15) is 0 Å². The maximum absolute atomic E-state index is 5.94. The van der Waals surface area contributed by atoms with Crippen molar-refractivity contribution in [3.63, 3.8) is 0 Å². The number of nitrogens with one attached hydrogen (secondary N) is 2. The van der Waals surface area contributed by atoms with Crippen molar-refractivity contribution in [1.82, 2.24) is 15.5 Å². The van der Waals surface area contributed by atoms with Crippen molar-refractivity contribution in [3.8, 4) is 11.5 Å². The molecule has 2 unspecified atom stereocenters. The Labute approximate surface area is 177 Å². The van der Waals surface area contributed by atoms with Gasteiger partial charge in [0.2, 0.25) is 0 Å². The smallest absolute Gasteiger partial charge is 0.191 e.